The van der Waals surface area contributed by atoms with Gasteiger partial charge in [-0.3, -0.25) is 0 Å². The first-order chi connectivity index (χ1) is 12.6. The molecule has 0 radical (unpaired) electrons. The van der Waals surface area contributed by atoms with E-state index in [2.05, 4.69) is 0 Å². The maximum absolute atomic E-state index is 14.4. The number of carbonyl (C=O) groups is 1. The minimum absolute atomic E-state index is 0.324. The van der Waals surface area contributed by atoms with Crippen LogP contribution in [0.5, 0.6) is 11.5 Å². The molecule has 0 aromatic heterocycles. The van der Waals surface area contributed by atoms with Crippen LogP contribution in [0.1, 0.15) is 29.6 Å². The van der Waals surface area contributed by atoms with Crippen LogP contribution in [0.25, 0.3) is 11.1 Å². The largest absolute Gasteiger partial charge is 0.497 e. The summed E-state index contributed by atoms with van der Waals surface area (Å²) in [7, 11) is 2.83. The van der Waals surface area contributed by atoms with Gasteiger partial charge in [-0.1, -0.05) is 0 Å². The van der Waals surface area contributed by atoms with Crippen molar-refractivity contribution in [3.8, 4) is 22.6 Å². The van der Waals surface area contributed by atoms with Crippen LogP contribution in [0.2, 0.25) is 0 Å². The van der Waals surface area contributed by atoms with Gasteiger partial charge in [0.1, 0.15) is 17.3 Å². The van der Waals surface area contributed by atoms with E-state index in [0.29, 0.717) is 34.8 Å². The SMILES string of the molecule is COC(=O)c1ccc(-c2cc(OC)ccc2F)c(OC2CCCCO2)c1. The van der Waals surface area contributed by atoms with Gasteiger partial charge in [-0.05, 0) is 49.2 Å². The molecule has 6 heteroatoms. The highest BCUT2D eigenvalue weighted by Crippen LogP contribution is 2.36. The van der Waals surface area contributed by atoms with Gasteiger partial charge in [0.25, 0.3) is 0 Å². The van der Waals surface area contributed by atoms with Gasteiger partial charge >= 0.3 is 5.97 Å². The van der Waals surface area contributed by atoms with Gasteiger partial charge in [-0.15, -0.1) is 0 Å². The average molecular weight is 360 g/mol. The Balaban J connectivity index is 2.04. The zero-order valence-electron chi connectivity index (χ0n) is 14.8. The molecule has 1 fully saturated rings. The minimum atomic E-state index is -0.489. The molecule has 2 aromatic rings. The lowest BCUT2D eigenvalue weighted by Crippen LogP contribution is -2.25. The third kappa shape index (κ3) is 3.96. The fraction of sp³-hybridized carbons (Fsp3) is 0.350. The summed E-state index contributed by atoms with van der Waals surface area (Å²) in [5.41, 5.74) is 1.17. The van der Waals surface area contributed by atoms with Gasteiger partial charge in [0.15, 0.2) is 6.29 Å². The van der Waals surface area contributed by atoms with E-state index in [1.165, 1.54) is 20.3 Å². The Kier molecular flexibility index (Phi) is 5.73. The fourth-order valence-electron chi connectivity index (χ4n) is 2.87. The van der Waals surface area contributed by atoms with Crippen LogP contribution >= 0.6 is 0 Å². The summed E-state index contributed by atoms with van der Waals surface area (Å²) >= 11 is 0. The second-order valence-corrected chi connectivity index (χ2v) is 5.96. The summed E-state index contributed by atoms with van der Waals surface area (Å²) in [4.78, 5) is 11.9. The Morgan fingerprint density at radius 3 is 2.65 bits per heavy atom. The van der Waals surface area contributed by atoms with Gasteiger partial charge in [0.2, 0.25) is 0 Å². The van der Waals surface area contributed by atoms with Crippen molar-refractivity contribution in [1.82, 2.24) is 0 Å². The van der Waals surface area contributed by atoms with Crippen molar-refractivity contribution in [2.75, 3.05) is 20.8 Å². The van der Waals surface area contributed by atoms with E-state index in [-0.39, 0.29) is 0 Å². The topological polar surface area (TPSA) is 54.0 Å². The average Bonchev–Trinajstić information content (AvgIpc) is 2.69. The van der Waals surface area contributed by atoms with E-state index in [4.69, 9.17) is 18.9 Å². The number of carbonyl (C=O) groups excluding carboxylic acids is 1. The zero-order chi connectivity index (χ0) is 18.5. The molecule has 0 bridgehead atoms. The van der Waals surface area contributed by atoms with Gasteiger partial charge in [-0.2, -0.15) is 0 Å². The zero-order valence-corrected chi connectivity index (χ0v) is 14.8. The molecule has 1 aliphatic heterocycles. The van der Waals surface area contributed by atoms with Gasteiger partial charge < -0.3 is 18.9 Å². The van der Waals surface area contributed by atoms with Crippen LogP contribution in [-0.4, -0.2) is 33.1 Å². The second kappa shape index (κ2) is 8.19. The van der Waals surface area contributed by atoms with E-state index < -0.39 is 18.1 Å². The van der Waals surface area contributed by atoms with Crippen LogP contribution in [0.3, 0.4) is 0 Å². The quantitative estimate of drug-likeness (QED) is 0.748. The highest BCUT2D eigenvalue weighted by atomic mass is 19.1. The molecule has 0 amide bonds. The number of ether oxygens (including phenoxy) is 4. The number of halogens is 1. The highest BCUT2D eigenvalue weighted by Gasteiger charge is 2.21. The molecule has 26 heavy (non-hydrogen) atoms. The van der Waals surface area contributed by atoms with Crippen LogP contribution in [0, 0.1) is 5.82 Å². The molecule has 0 N–H and O–H groups in total. The number of benzene rings is 2. The van der Waals surface area contributed by atoms with Crippen molar-refractivity contribution in [2.24, 2.45) is 0 Å². The molecule has 1 atom stereocenters. The Labute approximate surface area is 151 Å². The Morgan fingerprint density at radius 2 is 1.96 bits per heavy atom. The van der Waals surface area contributed by atoms with Crippen molar-refractivity contribution in [2.45, 2.75) is 25.6 Å². The Morgan fingerprint density at radius 1 is 1.12 bits per heavy atom. The monoisotopic (exact) mass is 360 g/mol. The van der Waals surface area contributed by atoms with Gasteiger partial charge in [-0.25, -0.2) is 9.18 Å². The smallest absolute Gasteiger partial charge is 0.337 e. The predicted octanol–water partition coefficient (Wildman–Crippen LogP) is 4.19. The van der Waals surface area contributed by atoms with Crippen molar-refractivity contribution in [3.05, 3.63) is 47.8 Å². The fourth-order valence-corrected chi connectivity index (χ4v) is 2.87. The summed E-state index contributed by atoms with van der Waals surface area (Å²) in [6.07, 6.45) is 2.29. The highest BCUT2D eigenvalue weighted by molar-refractivity contribution is 5.91. The first-order valence-electron chi connectivity index (χ1n) is 8.47. The van der Waals surface area contributed by atoms with Crippen molar-refractivity contribution in [1.29, 1.82) is 0 Å². The van der Waals surface area contributed by atoms with Crippen molar-refractivity contribution < 1.29 is 28.1 Å². The van der Waals surface area contributed by atoms with E-state index in [9.17, 15) is 9.18 Å². The molecule has 1 aliphatic rings. The molecule has 2 aromatic carbocycles. The van der Waals surface area contributed by atoms with Crippen LogP contribution in [0.4, 0.5) is 4.39 Å². The molecule has 1 unspecified atom stereocenters. The van der Waals surface area contributed by atoms with Gasteiger partial charge in [0, 0.05) is 17.5 Å². The molecule has 0 saturated carbocycles. The standard InChI is InChI=1S/C20H21FO5/c1-23-14-7-9-17(21)16(12-14)15-8-6-13(20(22)24-2)11-18(15)26-19-5-3-4-10-25-19/h6-9,11-12,19H,3-5,10H2,1-2H3. The number of esters is 1. The molecule has 1 saturated heterocycles. The van der Waals surface area contributed by atoms with E-state index in [0.717, 1.165) is 19.3 Å². The summed E-state index contributed by atoms with van der Waals surface area (Å²) in [5.74, 6) is -0.00614. The van der Waals surface area contributed by atoms with E-state index >= 15 is 0 Å². The summed E-state index contributed by atoms with van der Waals surface area (Å²) in [6.45, 7) is 0.615. The molecule has 1 heterocycles. The summed E-state index contributed by atoms with van der Waals surface area (Å²) < 4.78 is 36.0. The van der Waals surface area contributed by atoms with Crippen molar-refractivity contribution in [3.63, 3.8) is 0 Å². The van der Waals surface area contributed by atoms with Crippen LogP contribution in [0.15, 0.2) is 36.4 Å². The maximum Gasteiger partial charge on any atom is 0.337 e. The first kappa shape index (κ1) is 18.2. The molecule has 5 nitrogen and oxygen atoms in total. The number of hydrogen-bond acceptors (Lipinski definition) is 5. The molecular formula is C20H21FO5. The van der Waals surface area contributed by atoms with Gasteiger partial charge in [0.05, 0.1) is 26.4 Å². The molecule has 3 rings (SSSR count). The second-order valence-electron chi connectivity index (χ2n) is 5.96. The normalized spacial score (nSPS) is 16.8. The number of rotatable bonds is 5. The molecule has 138 valence electrons. The Bertz CT molecular complexity index is 784. The number of methoxy groups -OCH3 is 2. The third-order valence-corrected chi connectivity index (χ3v) is 4.26. The number of hydrogen-bond donors (Lipinski definition) is 0. The lowest BCUT2D eigenvalue weighted by Gasteiger charge is -2.25. The third-order valence-electron chi connectivity index (χ3n) is 4.26. The molecule has 0 spiro atoms. The summed E-state index contributed by atoms with van der Waals surface area (Å²) in [5, 5.41) is 0. The van der Waals surface area contributed by atoms with Crippen LogP contribution < -0.4 is 9.47 Å². The Hall–Kier alpha value is -2.60. The molecule has 0 aliphatic carbocycles. The predicted molar refractivity (Wildman–Crippen MR) is 93.9 cm³/mol. The summed E-state index contributed by atoms with van der Waals surface area (Å²) in [6, 6.07) is 9.25. The maximum atomic E-state index is 14.4. The molecular weight excluding hydrogens is 339 g/mol. The minimum Gasteiger partial charge on any atom is -0.497 e. The lowest BCUT2D eigenvalue weighted by atomic mass is 10.0. The van der Waals surface area contributed by atoms with E-state index in [1.54, 1.807) is 30.3 Å². The lowest BCUT2D eigenvalue weighted by molar-refractivity contribution is -0.105. The van der Waals surface area contributed by atoms with Crippen LogP contribution in [-0.2, 0) is 9.47 Å². The van der Waals surface area contributed by atoms with Crippen molar-refractivity contribution >= 4 is 5.97 Å². The first-order valence-corrected chi connectivity index (χ1v) is 8.47. The van der Waals surface area contributed by atoms with E-state index in [1.807, 2.05) is 0 Å².